The van der Waals surface area contributed by atoms with Crippen LogP contribution in [0.25, 0.3) is 0 Å². The van der Waals surface area contributed by atoms with Crippen LogP contribution in [0.2, 0.25) is 0 Å². The molecule has 3 heteroatoms. The van der Waals surface area contributed by atoms with Gasteiger partial charge >= 0.3 is 6.09 Å². The quantitative estimate of drug-likeness (QED) is 0.826. The van der Waals surface area contributed by atoms with Crippen molar-refractivity contribution in [2.75, 3.05) is 6.54 Å². The van der Waals surface area contributed by atoms with Crippen molar-refractivity contribution in [3.63, 3.8) is 0 Å². The third kappa shape index (κ3) is 4.18. The van der Waals surface area contributed by atoms with Gasteiger partial charge in [0.25, 0.3) is 0 Å². The summed E-state index contributed by atoms with van der Waals surface area (Å²) >= 11 is 0. The summed E-state index contributed by atoms with van der Waals surface area (Å²) in [5, 5.41) is 2.95. The molecule has 0 saturated heterocycles. The molecule has 0 aliphatic heterocycles. The largest absolute Gasteiger partial charge is 0.446 e. The van der Waals surface area contributed by atoms with Crippen molar-refractivity contribution < 1.29 is 9.53 Å². The number of amides is 1. The predicted octanol–water partition coefficient (Wildman–Crippen LogP) is 3.87. The van der Waals surface area contributed by atoms with Crippen molar-refractivity contribution in [2.45, 2.75) is 70.8 Å². The normalized spacial score (nSPS) is 29.2. The van der Waals surface area contributed by atoms with E-state index in [1.54, 1.807) is 0 Å². The van der Waals surface area contributed by atoms with E-state index in [0.29, 0.717) is 5.92 Å². The lowest BCUT2D eigenvalue weighted by molar-refractivity contribution is 0.0986. The summed E-state index contributed by atoms with van der Waals surface area (Å²) in [6.07, 6.45) is 11.0. The fourth-order valence-electron chi connectivity index (χ4n) is 3.27. The molecule has 2 saturated carbocycles. The van der Waals surface area contributed by atoms with E-state index in [4.69, 9.17) is 4.74 Å². The van der Waals surface area contributed by atoms with Crippen LogP contribution in [0.1, 0.15) is 64.7 Å². The molecule has 104 valence electrons. The Kier molecular flexibility index (Phi) is 5.33. The van der Waals surface area contributed by atoms with Crippen LogP contribution in [-0.2, 0) is 4.74 Å². The SMILES string of the molecule is CCC1CCC(CNC(=O)OC2CCCC2)CC1. The molecule has 1 N–H and O–H groups in total. The van der Waals surface area contributed by atoms with Gasteiger partial charge in [-0.05, 0) is 50.4 Å². The van der Waals surface area contributed by atoms with Gasteiger partial charge in [-0.1, -0.05) is 26.2 Å². The number of rotatable bonds is 4. The average Bonchev–Trinajstić information content (AvgIpc) is 2.90. The first kappa shape index (κ1) is 13.7. The van der Waals surface area contributed by atoms with Gasteiger partial charge in [-0.3, -0.25) is 0 Å². The molecule has 2 aliphatic rings. The van der Waals surface area contributed by atoms with Gasteiger partial charge in [-0.25, -0.2) is 4.79 Å². The Labute approximate surface area is 111 Å². The minimum Gasteiger partial charge on any atom is -0.446 e. The molecule has 0 bridgehead atoms. The first-order valence-electron chi connectivity index (χ1n) is 7.72. The Balaban J connectivity index is 1.58. The summed E-state index contributed by atoms with van der Waals surface area (Å²) in [5.74, 6) is 1.59. The summed E-state index contributed by atoms with van der Waals surface area (Å²) in [4.78, 5) is 11.6. The molecule has 2 fully saturated rings. The van der Waals surface area contributed by atoms with Crippen LogP contribution in [0.4, 0.5) is 4.79 Å². The monoisotopic (exact) mass is 253 g/mol. The Morgan fingerprint density at radius 2 is 1.67 bits per heavy atom. The van der Waals surface area contributed by atoms with Gasteiger partial charge in [-0.2, -0.15) is 0 Å². The lowest BCUT2D eigenvalue weighted by Gasteiger charge is -2.27. The summed E-state index contributed by atoms with van der Waals surface area (Å²) in [6.45, 7) is 3.09. The predicted molar refractivity (Wildman–Crippen MR) is 72.5 cm³/mol. The topological polar surface area (TPSA) is 38.3 Å². The van der Waals surface area contributed by atoms with Gasteiger partial charge < -0.3 is 10.1 Å². The third-order valence-corrected chi connectivity index (χ3v) is 4.65. The first-order valence-corrected chi connectivity index (χ1v) is 7.72. The van der Waals surface area contributed by atoms with Crippen LogP contribution < -0.4 is 5.32 Å². The molecule has 0 unspecified atom stereocenters. The van der Waals surface area contributed by atoms with Gasteiger partial charge in [0.1, 0.15) is 6.10 Å². The van der Waals surface area contributed by atoms with E-state index in [0.717, 1.165) is 25.3 Å². The van der Waals surface area contributed by atoms with Gasteiger partial charge in [-0.15, -0.1) is 0 Å². The minimum atomic E-state index is -0.195. The Morgan fingerprint density at radius 1 is 1.06 bits per heavy atom. The van der Waals surface area contributed by atoms with Crippen LogP contribution >= 0.6 is 0 Å². The summed E-state index contributed by atoms with van der Waals surface area (Å²) in [6, 6.07) is 0. The molecular weight excluding hydrogens is 226 g/mol. The van der Waals surface area contributed by atoms with E-state index in [9.17, 15) is 4.79 Å². The highest BCUT2D eigenvalue weighted by Gasteiger charge is 2.22. The fraction of sp³-hybridized carbons (Fsp3) is 0.933. The van der Waals surface area contributed by atoms with Crippen LogP contribution in [0.3, 0.4) is 0 Å². The van der Waals surface area contributed by atoms with Gasteiger partial charge in [0, 0.05) is 6.54 Å². The molecule has 0 aromatic carbocycles. The number of nitrogens with one attached hydrogen (secondary N) is 1. The second-order valence-electron chi connectivity index (χ2n) is 5.99. The van der Waals surface area contributed by atoms with Crippen molar-refractivity contribution in [1.29, 1.82) is 0 Å². The zero-order valence-corrected chi connectivity index (χ0v) is 11.6. The number of ether oxygens (including phenoxy) is 1. The van der Waals surface area contributed by atoms with Crippen molar-refractivity contribution >= 4 is 6.09 Å². The first-order chi connectivity index (χ1) is 8.78. The molecule has 0 atom stereocenters. The van der Waals surface area contributed by atoms with Gasteiger partial charge in [0.05, 0.1) is 0 Å². The van der Waals surface area contributed by atoms with Crippen LogP contribution in [0.15, 0.2) is 0 Å². The second-order valence-corrected chi connectivity index (χ2v) is 5.99. The highest BCUT2D eigenvalue weighted by Crippen LogP contribution is 2.30. The second kappa shape index (κ2) is 7.01. The smallest absolute Gasteiger partial charge is 0.407 e. The highest BCUT2D eigenvalue weighted by atomic mass is 16.6. The molecule has 2 rings (SSSR count). The van der Waals surface area contributed by atoms with Crippen LogP contribution in [-0.4, -0.2) is 18.7 Å². The van der Waals surface area contributed by atoms with E-state index in [1.807, 2.05) is 0 Å². The molecule has 18 heavy (non-hydrogen) atoms. The summed E-state index contributed by atoms with van der Waals surface area (Å²) in [5.41, 5.74) is 0. The van der Waals surface area contributed by atoms with E-state index in [2.05, 4.69) is 12.2 Å². The zero-order chi connectivity index (χ0) is 12.8. The standard InChI is InChI=1S/C15H27NO2/c1-2-12-7-9-13(10-8-12)11-16-15(17)18-14-5-3-4-6-14/h12-14H,2-11H2,1H3,(H,16,17). The molecule has 3 nitrogen and oxygen atoms in total. The lowest BCUT2D eigenvalue weighted by Crippen LogP contribution is -2.33. The number of alkyl carbamates (subject to hydrolysis) is 1. The molecule has 0 radical (unpaired) electrons. The number of hydrogen-bond acceptors (Lipinski definition) is 2. The zero-order valence-electron chi connectivity index (χ0n) is 11.6. The van der Waals surface area contributed by atoms with Gasteiger partial charge in [0.2, 0.25) is 0 Å². The maximum atomic E-state index is 11.6. The molecule has 0 spiro atoms. The maximum Gasteiger partial charge on any atom is 0.407 e. The Morgan fingerprint density at radius 3 is 2.28 bits per heavy atom. The van der Waals surface area contributed by atoms with Crippen molar-refractivity contribution in [3.05, 3.63) is 0 Å². The lowest BCUT2D eigenvalue weighted by atomic mass is 9.81. The molecule has 1 amide bonds. The third-order valence-electron chi connectivity index (χ3n) is 4.65. The molecule has 0 heterocycles. The van der Waals surface area contributed by atoms with Crippen molar-refractivity contribution in [3.8, 4) is 0 Å². The van der Waals surface area contributed by atoms with E-state index < -0.39 is 0 Å². The molecule has 0 aromatic heterocycles. The number of hydrogen-bond donors (Lipinski definition) is 1. The minimum absolute atomic E-state index is 0.181. The van der Waals surface area contributed by atoms with Crippen molar-refractivity contribution in [2.24, 2.45) is 11.8 Å². The van der Waals surface area contributed by atoms with Gasteiger partial charge in [0.15, 0.2) is 0 Å². The Bertz CT molecular complexity index is 253. The van der Waals surface area contributed by atoms with E-state index in [1.165, 1.54) is 44.9 Å². The number of carbonyl (C=O) groups is 1. The van der Waals surface area contributed by atoms with Crippen molar-refractivity contribution in [1.82, 2.24) is 5.32 Å². The van der Waals surface area contributed by atoms with Crippen LogP contribution in [0.5, 0.6) is 0 Å². The fourth-order valence-corrected chi connectivity index (χ4v) is 3.27. The van der Waals surface area contributed by atoms with E-state index >= 15 is 0 Å². The summed E-state index contributed by atoms with van der Waals surface area (Å²) in [7, 11) is 0. The molecular formula is C15H27NO2. The van der Waals surface area contributed by atoms with E-state index in [-0.39, 0.29) is 12.2 Å². The number of carbonyl (C=O) groups excluding carboxylic acids is 1. The van der Waals surface area contributed by atoms with Crippen LogP contribution in [0, 0.1) is 11.8 Å². The molecule has 2 aliphatic carbocycles. The maximum absolute atomic E-state index is 11.6. The highest BCUT2D eigenvalue weighted by molar-refractivity contribution is 5.67. The Hall–Kier alpha value is -0.730. The molecule has 0 aromatic rings. The summed E-state index contributed by atoms with van der Waals surface area (Å²) < 4.78 is 5.39. The average molecular weight is 253 g/mol.